The molecule has 0 aromatic carbocycles. The third kappa shape index (κ3) is 4.11. The van der Waals surface area contributed by atoms with Crippen molar-refractivity contribution in [3.63, 3.8) is 0 Å². The van der Waals surface area contributed by atoms with Gasteiger partial charge >= 0.3 is 0 Å². The van der Waals surface area contributed by atoms with E-state index in [1.54, 1.807) is 0 Å². The highest BCUT2D eigenvalue weighted by molar-refractivity contribution is 7.89. The van der Waals surface area contributed by atoms with Crippen LogP contribution in [0.5, 0.6) is 0 Å². The largest absolute Gasteiger partial charge is 0.213 e. The average Bonchev–Trinajstić information content (AvgIpc) is 2.04. The topological polar surface area (TPSA) is 46.2 Å². The maximum absolute atomic E-state index is 11.3. The molecule has 1 rings (SSSR count). The zero-order valence-corrected chi connectivity index (χ0v) is 8.94. The lowest BCUT2D eigenvalue weighted by atomic mass is 10.0. The van der Waals surface area contributed by atoms with Crippen molar-refractivity contribution in [1.82, 2.24) is 4.72 Å². The second-order valence-corrected chi connectivity index (χ2v) is 5.36. The van der Waals surface area contributed by atoms with Gasteiger partial charge in [0.25, 0.3) is 0 Å². The fourth-order valence-electron chi connectivity index (χ4n) is 1.32. The lowest BCUT2D eigenvalue weighted by Gasteiger charge is -2.18. The second-order valence-electron chi connectivity index (χ2n) is 3.11. The minimum absolute atomic E-state index is 0.00870. The Labute approximate surface area is 84.2 Å². The van der Waals surface area contributed by atoms with Gasteiger partial charge in [-0.3, -0.25) is 0 Å². The molecule has 0 amide bonds. The Kier molecular flexibility index (Phi) is 4.22. The first kappa shape index (κ1) is 11.0. The molecule has 0 radical (unpaired) electrons. The summed E-state index contributed by atoms with van der Waals surface area (Å²) in [6.45, 7) is 0. The number of hydrogen-bond donors (Lipinski definition) is 1. The van der Waals surface area contributed by atoms with Gasteiger partial charge in [0.05, 0.1) is 5.75 Å². The summed E-state index contributed by atoms with van der Waals surface area (Å²) in [7, 11) is -3.15. The number of rotatable bonds is 4. The van der Waals surface area contributed by atoms with Gasteiger partial charge < -0.3 is 0 Å². The van der Waals surface area contributed by atoms with E-state index in [0.717, 1.165) is 19.3 Å². The molecular weight excluding hydrogens is 210 g/mol. The normalized spacial score (nSPS) is 23.3. The predicted molar refractivity (Wildman–Crippen MR) is 54.4 cm³/mol. The third-order valence-corrected chi connectivity index (χ3v) is 3.81. The van der Waals surface area contributed by atoms with E-state index in [1.165, 1.54) is 0 Å². The molecule has 1 unspecified atom stereocenters. The van der Waals surface area contributed by atoms with E-state index in [0.29, 0.717) is 0 Å². The maximum atomic E-state index is 11.3. The molecule has 13 heavy (non-hydrogen) atoms. The Hall–Kier alpha value is -0.0600. The molecule has 1 N–H and O–H groups in total. The number of sulfonamides is 1. The number of hydrogen-bond acceptors (Lipinski definition) is 2. The Morgan fingerprint density at radius 3 is 2.77 bits per heavy atom. The molecular formula is C8H14ClNO2S. The summed E-state index contributed by atoms with van der Waals surface area (Å²) >= 11 is 5.37. The summed E-state index contributed by atoms with van der Waals surface area (Å²) in [5, 5.41) is 0. The molecule has 76 valence electrons. The van der Waals surface area contributed by atoms with Crippen LogP contribution in [0.3, 0.4) is 0 Å². The molecule has 0 saturated heterocycles. The van der Waals surface area contributed by atoms with Gasteiger partial charge in [-0.05, 0) is 19.3 Å². The van der Waals surface area contributed by atoms with Crippen molar-refractivity contribution in [3.8, 4) is 0 Å². The summed E-state index contributed by atoms with van der Waals surface area (Å²) in [4.78, 5) is 0. The second kappa shape index (κ2) is 4.98. The lowest BCUT2D eigenvalue weighted by Crippen LogP contribution is -2.37. The molecule has 0 heterocycles. The Morgan fingerprint density at radius 1 is 1.46 bits per heavy atom. The summed E-state index contributed by atoms with van der Waals surface area (Å²) in [5.41, 5.74) is 0. The summed E-state index contributed by atoms with van der Waals surface area (Å²) in [6, 6.07) is 0.0678. The molecule has 1 atom stereocenters. The van der Waals surface area contributed by atoms with Gasteiger partial charge in [0.15, 0.2) is 0 Å². The van der Waals surface area contributed by atoms with Crippen molar-refractivity contribution < 1.29 is 8.42 Å². The van der Waals surface area contributed by atoms with Crippen LogP contribution in [0.15, 0.2) is 12.2 Å². The van der Waals surface area contributed by atoms with Crippen LogP contribution in [-0.4, -0.2) is 26.1 Å². The average molecular weight is 224 g/mol. The first-order valence-electron chi connectivity index (χ1n) is 4.35. The Bertz CT molecular complexity index is 274. The molecule has 1 aliphatic rings. The summed E-state index contributed by atoms with van der Waals surface area (Å²) in [5.74, 6) is 0.159. The van der Waals surface area contributed by atoms with Gasteiger partial charge in [-0.25, -0.2) is 13.1 Å². The predicted octanol–water partition coefficient (Wildman–Crippen LogP) is 1.25. The number of alkyl halides is 1. The number of allylic oxidation sites excluding steroid dienone is 1. The molecule has 0 aliphatic heterocycles. The van der Waals surface area contributed by atoms with Crippen LogP contribution < -0.4 is 4.72 Å². The SMILES string of the molecule is O=S(=O)(CCCl)NC1CC=CCC1. The van der Waals surface area contributed by atoms with Gasteiger partial charge in [-0.1, -0.05) is 12.2 Å². The quantitative estimate of drug-likeness (QED) is 0.576. The molecule has 5 heteroatoms. The summed E-state index contributed by atoms with van der Waals surface area (Å²) < 4.78 is 25.2. The first-order chi connectivity index (χ1) is 6.14. The van der Waals surface area contributed by atoms with Crippen molar-refractivity contribution in [1.29, 1.82) is 0 Å². The van der Waals surface area contributed by atoms with Crippen LogP contribution in [0, 0.1) is 0 Å². The van der Waals surface area contributed by atoms with Gasteiger partial charge in [-0.15, -0.1) is 11.6 Å². The molecule has 0 fully saturated rings. The van der Waals surface area contributed by atoms with Crippen molar-refractivity contribution in [2.75, 3.05) is 11.6 Å². The van der Waals surface area contributed by atoms with E-state index in [2.05, 4.69) is 10.8 Å². The fourth-order valence-corrected chi connectivity index (χ4v) is 2.97. The highest BCUT2D eigenvalue weighted by Gasteiger charge is 2.17. The highest BCUT2D eigenvalue weighted by Crippen LogP contribution is 2.11. The smallest absolute Gasteiger partial charge is 0.212 e. The monoisotopic (exact) mass is 223 g/mol. The zero-order valence-electron chi connectivity index (χ0n) is 7.37. The molecule has 0 spiro atoms. The van der Waals surface area contributed by atoms with Crippen molar-refractivity contribution in [2.24, 2.45) is 0 Å². The molecule has 0 bridgehead atoms. The van der Waals surface area contributed by atoms with Crippen LogP contribution in [0.25, 0.3) is 0 Å². The molecule has 1 aliphatic carbocycles. The van der Waals surface area contributed by atoms with E-state index in [4.69, 9.17) is 11.6 Å². The Balaban J connectivity index is 2.43. The van der Waals surface area contributed by atoms with Crippen molar-refractivity contribution >= 4 is 21.6 Å². The van der Waals surface area contributed by atoms with Crippen molar-refractivity contribution in [2.45, 2.75) is 25.3 Å². The molecule has 0 aromatic rings. The van der Waals surface area contributed by atoms with Crippen molar-refractivity contribution in [3.05, 3.63) is 12.2 Å². The fraction of sp³-hybridized carbons (Fsp3) is 0.750. The highest BCUT2D eigenvalue weighted by atomic mass is 35.5. The Morgan fingerprint density at radius 2 is 2.23 bits per heavy atom. The standard InChI is InChI=1S/C8H14ClNO2S/c9-6-7-13(11,12)10-8-4-2-1-3-5-8/h1-2,8,10H,3-7H2. The molecule has 0 saturated carbocycles. The minimum atomic E-state index is -3.15. The molecule has 3 nitrogen and oxygen atoms in total. The van der Waals surface area contributed by atoms with Crippen LogP contribution >= 0.6 is 11.6 Å². The summed E-state index contributed by atoms with van der Waals surface area (Å²) in [6.07, 6.45) is 6.72. The molecule has 0 aromatic heterocycles. The van der Waals surface area contributed by atoms with Gasteiger partial charge in [0.1, 0.15) is 0 Å². The van der Waals surface area contributed by atoms with E-state index in [1.807, 2.05) is 6.08 Å². The van der Waals surface area contributed by atoms with Crippen LogP contribution in [0.4, 0.5) is 0 Å². The van der Waals surface area contributed by atoms with E-state index >= 15 is 0 Å². The van der Waals surface area contributed by atoms with Gasteiger partial charge in [-0.2, -0.15) is 0 Å². The first-order valence-corrected chi connectivity index (χ1v) is 6.54. The lowest BCUT2D eigenvalue weighted by molar-refractivity contribution is 0.523. The van der Waals surface area contributed by atoms with Crippen LogP contribution in [0.2, 0.25) is 0 Å². The van der Waals surface area contributed by atoms with E-state index in [-0.39, 0.29) is 17.7 Å². The van der Waals surface area contributed by atoms with E-state index in [9.17, 15) is 8.42 Å². The van der Waals surface area contributed by atoms with E-state index < -0.39 is 10.0 Å². The number of nitrogens with one attached hydrogen (secondary N) is 1. The minimum Gasteiger partial charge on any atom is -0.212 e. The third-order valence-electron chi connectivity index (χ3n) is 1.96. The maximum Gasteiger partial charge on any atom is 0.213 e. The van der Waals surface area contributed by atoms with Crippen LogP contribution in [0.1, 0.15) is 19.3 Å². The van der Waals surface area contributed by atoms with Crippen LogP contribution in [-0.2, 0) is 10.0 Å². The van der Waals surface area contributed by atoms with Gasteiger partial charge in [0, 0.05) is 11.9 Å². The zero-order chi connectivity index (χ0) is 9.73. The van der Waals surface area contributed by atoms with Gasteiger partial charge in [0.2, 0.25) is 10.0 Å². The number of halogens is 1.